The fraction of sp³-hybridized carbons (Fsp3) is 0.182. The number of hydrogen-bond acceptors (Lipinski definition) is 6. The van der Waals surface area contributed by atoms with Gasteiger partial charge in [-0.1, -0.05) is 0 Å². The SMILES string of the molecule is O=C(N[C@@H](CO)C(=O)O)c1cc2c(nc3sccn32)s1. The summed E-state index contributed by atoms with van der Waals surface area (Å²) in [6, 6.07) is 0.360. The van der Waals surface area contributed by atoms with Gasteiger partial charge in [0.15, 0.2) is 11.0 Å². The van der Waals surface area contributed by atoms with Crippen molar-refractivity contribution in [1.82, 2.24) is 14.7 Å². The van der Waals surface area contributed by atoms with E-state index in [0.717, 1.165) is 15.3 Å². The van der Waals surface area contributed by atoms with Crippen LogP contribution in [0.15, 0.2) is 17.6 Å². The number of aliphatic carboxylic acids is 1. The number of carboxylic acid groups (broad SMARTS) is 1. The molecule has 1 atom stereocenters. The standard InChI is InChI=1S/C11H9N3O4S2/c15-4-5(10(17)18)12-8(16)7-3-6-9(20-7)13-11-14(6)1-2-19-11/h1-3,5,15H,4H2,(H,12,16)(H,17,18)/t5-/m0/s1. The van der Waals surface area contributed by atoms with E-state index in [1.807, 2.05) is 16.0 Å². The average Bonchev–Trinajstić information content (AvgIpc) is 3.05. The summed E-state index contributed by atoms with van der Waals surface area (Å²) in [7, 11) is 0. The number of carbonyl (C=O) groups excluding carboxylic acids is 1. The lowest BCUT2D eigenvalue weighted by molar-refractivity contribution is -0.140. The van der Waals surface area contributed by atoms with E-state index in [4.69, 9.17) is 10.2 Å². The molecule has 104 valence electrons. The third kappa shape index (κ3) is 2.05. The summed E-state index contributed by atoms with van der Waals surface area (Å²) in [6.07, 6.45) is 1.86. The fourth-order valence-electron chi connectivity index (χ4n) is 1.77. The first kappa shape index (κ1) is 13.0. The molecule has 0 aliphatic heterocycles. The predicted molar refractivity (Wildman–Crippen MR) is 74.4 cm³/mol. The highest BCUT2D eigenvalue weighted by molar-refractivity contribution is 7.21. The molecule has 1 amide bonds. The van der Waals surface area contributed by atoms with Gasteiger partial charge in [-0.15, -0.1) is 22.7 Å². The van der Waals surface area contributed by atoms with E-state index in [-0.39, 0.29) is 0 Å². The van der Waals surface area contributed by atoms with Gasteiger partial charge in [0.05, 0.1) is 17.0 Å². The molecule has 0 saturated heterocycles. The van der Waals surface area contributed by atoms with Gasteiger partial charge in [-0.05, 0) is 6.07 Å². The second-order valence-corrected chi connectivity index (χ2v) is 5.92. The predicted octanol–water partition coefficient (Wildman–Crippen LogP) is 0.786. The van der Waals surface area contributed by atoms with Crippen molar-refractivity contribution in [1.29, 1.82) is 0 Å². The maximum Gasteiger partial charge on any atom is 0.328 e. The molecule has 0 fully saturated rings. The van der Waals surface area contributed by atoms with Crippen LogP contribution in [0.3, 0.4) is 0 Å². The van der Waals surface area contributed by atoms with Crippen molar-refractivity contribution < 1.29 is 19.8 Å². The number of thiazole rings is 1. The van der Waals surface area contributed by atoms with E-state index in [2.05, 4.69) is 10.3 Å². The summed E-state index contributed by atoms with van der Waals surface area (Å²) in [5.41, 5.74) is 0.812. The van der Waals surface area contributed by atoms with Gasteiger partial charge in [-0.2, -0.15) is 0 Å². The Hall–Kier alpha value is -1.97. The zero-order chi connectivity index (χ0) is 14.3. The number of hydrogen-bond donors (Lipinski definition) is 3. The molecule has 0 bridgehead atoms. The third-order valence-corrected chi connectivity index (χ3v) is 4.52. The van der Waals surface area contributed by atoms with E-state index >= 15 is 0 Å². The van der Waals surface area contributed by atoms with Crippen LogP contribution in [0.5, 0.6) is 0 Å². The molecule has 9 heteroatoms. The van der Waals surface area contributed by atoms with Crippen LogP contribution in [0.2, 0.25) is 0 Å². The molecule has 0 aliphatic rings. The molecule has 0 spiro atoms. The summed E-state index contributed by atoms with van der Waals surface area (Å²) in [6.45, 7) is -0.653. The lowest BCUT2D eigenvalue weighted by Gasteiger charge is -2.09. The highest BCUT2D eigenvalue weighted by Crippen LogP contribution is 2.28. The molecule has 0 unspecified atom stereocenters. The van der Waals surface area contributed by atoms with Crippen LogP contribution < -0.4 is 5.32 Å². The lowest BCUT2D eigenvalue weighted by atomic mass is 10.3. The number of rotatable bonds is 4. The zero-order valence-corrected chi connectivity index (χ0v) is 11.6. The molecule has 0 aliphatic carbocycles. The second kappa shape index (κ2) is 4.85. The number of aliphatic hydroxyl groups excluding tert-OH is 1. The summed E-state index contributed by atoms with van der Waals surface area (Å²) >= 11 is 2.69. The van der Waals surface area contributed by atoms with E-state index < -0.39 is 24.5 Å². The van der Waals surface area contributed by atoms with Crippen molar-refractivity contribution in [3.05, 3.63) is 22.5 Å². The topological polar surface area (TPSA) is 104 Å². The number of fused-ring (bicyclic) bond motifs is 3. The maximum absolute atomic E-state index is 12.0. The number of imidazole rings is 1. The number of aromatic nitrogens is 2. The fourth-order valence-corrected chi connectivity index (χ4v) is 3.48. The number of carbonyl (C=O) groups is 2. The number of amides is 1. The Morgan fingerprint density at radius 1 is 1.50 bits per heavy atom. The van der Waals surface area contributed by atoms with Gasteiger partial charge in [0, 0.05) is 11.6 Å². The number of thiophene rings is 1. The first-order valence-corrected chi connectivity index (χ1v) is 7.29. The van der Waals surface area contributed by atoms with Crippen molar-refractivity contribution in [3.63, 3.8) is 0 Å². The van der Waals surface area contributed by atoms with Crippen LogP contribution in [0.1, 0.15) is 9.67 Å². The molecular formula is C11H9N3O4S2. The van der Waals surface area contributed by atoms with Crippen LogP contribution in [-0.4, -0.2) is 44.1 Å². The van der Waals surface area contributed by atoms with Gasteiger partial charge in [-0.3, -0.25) is 9.20 Å². The second-order valence-electron chi connectivity index (χ2n) is 4.02. The highest BCUT2D eigenvalue weighted by Gasteiger charge is 2.21. The molecule has 7 nitrogen and oxygen atoms in total. The Labute approximate surface area is 120 Å². The largest absolute Gasteiger partial charge is 0.480 e. The van der Waals surface area contributed by atoms with Crippen LogP contribution in [-0.2, 0) is 4.79 Å². The quantitative estimate of drug-likeness (QED) is 0.661. The first-order valence-electron chi connectivity index (χ1n) is 5.60. The molecule has 0 aromatic carbocycles. The average molecular weight is 311 g/mol. The van der Waals surface area contributed by atoms with Crippen molar-refractivity contribution in [2.75, 3.05) is 6.61 Å². The number of nitrogens with zero attached hydrogens (tertiary/aromatic N) is 2. The van der Waals surface area contributed by atoms with E-state index in [0.29, 0.717) is 4.88 Å². The molecule has 3 N–H and O–H groups in total. The third-order valence-electron chi connectivity index (χ3n) is 2.75. The van der Waals surface area contributed by atoms with Crippen LogP contribution >= 0.6 is 22.7 Å². The lowest BCUT2D eigenvalue weighted by Crippen LogP contribution is -2.43. The molecule has 3 aromatic rings. The van der Waals surface area contributed by atoms with Gasteiger partial charge in [0.1, 0.15) is 4.83 Å². The van der Waals surface area contributed by atoms with Crippen molar-refractivity contribution in [2.45, 2.75) is 6.04 Å². The van der Waals surface area contributed by atoms with Gasteiger partial charge >= 0.3 is 5.97 Å². The minimum Gasteiger partial charge on any atom is -0.480 e. The zero-order valence-electron chi connectivity index (χ0n) is 9.94. The normalized spacial score (nSPS) is 12.8. The van der Waals surface area contributed by atoms with Crippen molar-refractivity contribution in [2.24, 2.45) is 0 Å². The van der Waals surface area contributed by atoms with Gasteiger partial charge in [0.25, 0.3) is 5.91 Å². The Morgan fingerprint density at radius 3 is 3.00 bits per heavy atom. The summed E-state index contributed by atoms with van der Waals surface area (Å²) < 4.78 is 1.87. The molecule has 0 radical (unpaired) electrons. The Morgan fingerprint density at radius 2 is 2.30 bits per heavy atom. The molecule has 3 aromatic heterocycles. The van der Waals surface area contributed by atoms with E-state index in [1.54, 1.807) is 6.07 Å². The van der Waals surface area contributed by atoms with Crippen molar-refractivity contribution >= 4 is 49.9 Å². The molecule has 3 rings (SSSR count). The number of nitrogens with one attached hydrogen (secondary N) is 1. The molecular weight excluding hydrogens is 302 g/mol. The minimum absolute atomic E-state index is 0.364. The van der Waals surface area contributed by atoms with Gasteiger partial charge < -0.3 is 15.5 Å². The van der Waals surface area contributed by atoms with Crippen molar-refractivity contribution in [3.8, 4) is 0 Å². The Balaban J connectivity index is 1.91. The highest BCUT2D eigenvalue weighted by atomic mass is 32.1. The van der Waals surface area contributed by atoms with E-state index in [1.165, 1.54) is 22.7 Å². The Kier molecular flexibility index (Phi) is 3.16. The summed E-state index contributed by atoms with van der Waals surface area (Å²) in [4.78, 5) is 29.0. The molecule has 0 saturated carbocycles. The maximum atomic E-state index is 12.0. The van der Waals surface area contributed by atoms with Crippen LogP contribution in [0.4, 0.5) is 0 Å². The van der Waals surface area contributed by atoms with E-state index in [9.17, 15) is 9.59 Å². The smallest absolute Gasteiger partial charge is 0.328 e. The monoisotopic (exact) mass is 311 g/mol. The number of aliphatic hydroxyl groups is 1. The minimum atomic E-state index is -1.30. The van der Waals surface area contributed by atoms with Crippen LogP contribution in [0.25, 0.3) is 15.3 Å². The van der Waals surface area contributed by atoms with Crippen LogP contribution in [0, 0.1) is 0 Å². The van der Waals surface area contributed by atoms with Gasteiger partial charge in [-0.25, -0.2) is 9.78 Å². The summed E-state index contributed by atoms with van der Waals surface area (Å²) in [5, 5.41) is 21.9. The Bertz CT molecular complexity index is 803. The molecule has 3 heterocycles. The summed E-state index contributed by atoms with van der Waals surface area (Å²) in [5.74, 6) is -1.80. The number of carboxylic acids is 1. The molecule has 20 heavy (non-hydrogen) atoms. The van der Waals surface area contributed by atoms with Gasteiger partial charge in [0.2, 0.25) is 0 Å². The first-order chi connectivity index (χ1) is 9.60.